The van der Waals surface area contributed by atoms with Crippen LogP contribution in [-0.2, 0) is 0 Å². The van der Waals surface area contributed by atoms with Gasteiger partial charge in [-0.05, 0) is 24.6 Å². The second-order valence-electron chi connectivity index (χ2n) is 3.72. The number of nitrogen functional groups attached to an aromatic ring is 1. The summed E-state index contributed by atoms with van der Waals surface area (Å²) in [6, 6.07) is 3.48. The smallest absolute Gasteiger partial charge is 0.255 e. The van der Waals surface area contributed by atoms with Crippen LogP contribution in [0.1, 0.15) is 30.1 Å². The van der Waals surface area contributed by atoms with Gasteiger partial charge in [0, 0.05) is 5.69 Å². The summed E-state index contributed by atoms with van der Waals surface area (Å²) >= 11 is 0. The van der Waals surface area contributed by atoms with E-state index in [1.54, 1.807) is 0 Å². The fraction of sp³-hybridized carbons (Fsp3) is 0.308. The van der Waals surface area contributed by atoms with E-state index >= 15 is 0 Å². The lowest BCUT2D eigenvalue weighted by Crippen LogP contribution is -2.34. The lowest BCUT2D eigenvalue weighted by atomic mass is 10.1. The van der Waals surface area contributed by atoms with Crippen molar-refractivity contribution in [1.82, 2.24) is 5.32 Å². The van der Waals surface area contributed by atoms with Gasteiger partial charge in [-0.1, -0.05) is 19.3 Å². The lowest BCUT2D eigenvalue weighted by molar-refractivity contribution is 0.0940. The summed E-state index contributed by atoms with van der Waals surface area (Å²) < 4.78 is 13.4. The minimum atomic E-state index is -0.607. The summed E-state index contributed by atoms with van der Waals surface area (Å²) in [7, 11) is 0. The summed E-state index contributed by atoms with van der Waals surface area (Å²) in [5.74, 6) is 1.31. The Labute approximate surface area is 100 Å². The van der Waals surface area contributed by atoms with Crippen molar-refractivity contribution in [3.63, 3.8) is 0 Å². The van der Waals surface area contributed by atoms with E-state index in [4.69, 9.17) is 12.2 Å². The molecule has 3 N–H and O–H groups in total. The number of hydrogen-bond acceptors (Lipinski definition) is 2. The van der Waals surface area contributed by atoms with Crippen LogP contribution in [0, 0.1) is 18.2 Å². The highest BCUT2D eigenvalue weighted by Gasteiger charge is 2.14. The van der Waals surface area contributed by atoms with Crippen LogP contribution in [0.2, 0.25) is 0 Å². The first-order chi connectivity index (χ1) is 8.08. The largest absolute Gasteiger partial charge is 0.399 e. The second kappa shape index (κ2) is 5.90. The van der Waals surface area contributed by atoms with Crippen LogP contribution < -0.4 is 11.1 Å². The SMILES string of the molecule is C#CC(CCC)NC(=O)c1cc(N)ccc1F. The van der Waals surface area contributed by atoms with Crippen molar-refractivity contribution in [2.45, 2.75) is 25.8 Å². The van der Waals surface area contributed by atoms with Gasteiger partial charge in [-0.2, -0.15) is 0 Å². The number of benzene rings is 1. The van der Waals surface area contributed by atoms with Crippen LogP contribution >= 0.6 is 0 Å². The molecule has 0 saturated heterocycles. The molecule has 1 amide bonds. The van der Waals surface area contributed by atoms with Crippen molar-refractivity contribution >= 4 is 11.6 Å². The van der Waals surface area contributed by atoms with Crippen molar-refractivity contribution in [3.8, 4) is 12.3 Å². The van der Waals surface area contributed by atoms with Gasteiger partial charge in [-0.15, -0.1) is 6.42 Å². The molecule has 0 aliphatic heterocycles. The van der Waals surface area contributed by atoms with Gasteiger partial charge in [0.1, 0.15) is 5.82 Å². The third-order valence-electron chi connectivity index (χ3n) is 2.32. The summed E-state index contributed by atoms with van der Waals surface area (Å²) in [4.78, 5) is 11.8. The standard InChI is InChI=1S/C13H15FN2O/c1-3-5-10(4-2)16-13(17)11-8-9(15)6-7-12(11)14/h2,6-8,10H,3,5,15H2,1H3,(H,16,17). The molecule has 1 aromatic rings. The van der Waals surface area contributed by atoms with Gasteiger partial charge < -0.3 is 11.1 Å². The van der Waals surface area contributed by atoms with Gasteiger partial charge >= 0.3 is 0 Å². The van der Waals surface area contributed by atoms with Crippen molar-refractivity contribution in [2.24, 2.45) is 0 Å². The summed E-state index contributed by atoms with van der Waals surface area (Å²) in [6.07, 6.45) is 6.77. The van der Waals surface area contributed by atoms with Crippen LogP contribution in [0.25, 0.3) is 0 Å². The third kappa shape index (κ3) is 3.49. The van der Waals surface area contributed by atoms with Crippen LogP contribution in [0.5, 0.6) is 0 Å². The average molecular weight is 234 g/mol. The number of anilines is 1. The Hall–Kier alpha value is -2.02. The van der Waals surface area contributed by atoms with Crippen LogP contribution in [0.15, 0.2) is 18.2 Å². The van der Waals surface area contributed by atoms with Crippen LogP contribution in [0.3, 0.4) is 0 Å². The molecule has 0 spiro atoms. The Kier molecular flexibility index (Phi) is 4.53. The van der Waals surface area contributed by atoms with Gasteiger partial charge in [-0.25, -0.2) is 4.39 Å². The van der Waals surface area contributed by atoms with Crippen molar-refractivity contribution < 1.29 is 9.18 Å². The van der Waals surface area contributed by atoms with E-state index in [1.165, 1.54) is 12.1 Å². The van der Waals surface area contributed by atoms with Crippen LogP contribution in [-0.4, -0.2) is 11.9 Å². The predicted octanol–water partition coefficient (Wildman–Crippen LogP) is 1.94. The maximum Gasteiger partial charge on any atom is 0.255 e. The summed E-state index contributed by atoms with van der Waals surface area (Å²) in [5.41, 5.74) is 5.76. The average Bonchev–Trinajstić information content (AvgIpc) is 2.31. The van der Waals surface area contributed by atoms with E-state index in [0.29, 0.717) is 12.1 Å². The molecule has 3 nitrogen and oxygen atoms in total. The molecule has 90 valence electrons. The normalized spacial score (nSPS) is 11.6. The van der Waals surface area contributed by atoms with E-state index in [0.717, 1.165) is 12.5 Å². The van der Waals surface area contributed by atoms with Crippen molar-refractivity contribution in [1.29, 1.82) is 0 Å². The molecule has 0 radical (unpaired) electrons. The highest BCUT2D eigenvalue weighted by atomic mass is 19.1. The highest BCUT2D eigenvalue weighted by Crippen LogP contribution is 2.12. The zero-order valence-electron chi connectivity index (χ0n) is 9.66. The van der Waals surface area contributed by atoms with Crippen molar-refractivity contribution in [3.05, 3.63) is 29.6 Å². The van der Waals surface area contributed by atoms with Crippen molar-refractivity contribution in [2.75, 3.05) is 5.73 Å². The molecule has 0 aromatic heterocycles. The zero-order valence-corrected chi connectivity index (χ0v) is 9.66. The predicted molar refractivity (Wildman–Crippen MR) is 65.8 cm³/mol. The first-order valence-electron chi connectivity index (χ1n) is 5.40. The highest BCUT2D eigenvalue weighted by molar-refractivity contribution is 5.95. The Morgan fingerprint density at radius 1 is 1.65 bits per heavy atom. The molecular formula is C13H15FN2O. The molecule has 0 aliphatic carbocycles. The molecule has 4 heteroatoms. The first-order valence-corrected chi connectivity index (χ1v) is 5.40. The monoisotopic (exact) mass is 234 g/mol. The molecular weight excluding hydrogens is 219 g/mol. The molecule has 1 aromatic carbocycles. The molecule has 1 unspecified atom stereocenters. The third-order valence-corrected chi connectivity index (χ3v) is 2.32. The number of rotatable bonds is 4. The topological polar surface area (TPSA) is 55.1 Å². The second-order valence-corrected chi connectivity index (χ2v) is 3.72. The van der Waals surface area contributed by atoms with Gasteiger partial charge in [0.25, 0.3) is 5.91 Å². The Morgan fingerprint density at radius 2 is 2.35 bits per heavy atom. The summed E-state index contributed by atoms with van der Waals surface area (Å²) in [6.45, 7) is 1.96. The van der Waals surface area contributed by atoms with Gasteiger partial charge in [0.15, 0.2) is 0 Å². The number of nitrogens with one attached hydrogen (secondary N) is 1. The quantitative estimate of drug-likeness (QED) is 0.618. The van der Waals surface area contributed by atoms with E-state index in [-0.39, 0.29) is 11.6 Å². The molecule has 0 heterocycles. The fourth-order valence-electron chi connectivity index (χ4n) is 1.44. The number of carbonyl (C=O) groups excluding carboxylic acids is 1. The molecule has 0 fully saturated rings. The van der Waals surface area contributed by atoms with E-state index < -0.39 is 11.7 Å². The molecule has 0 bridgehead atoms. The molecule has 0 saturated carbocycles. The number of nitrogens with two attached hydrogens (primary N) is 1. The van der Waals surface area contributed by atoms with E-state index in [9.17, 15) is 9.18 Å². The number of amides is 1. The number of terminal acetylenes is 1. The Morgan fingerprint density at radius 3 is 2.94 bits per heavy atom. The maximum atomic E-state index is 13.4. The molecule has 17 heavy (non-hydrogen) atoms. The maximum absolute atomic E-state index is 13.4. The fourth-order valence-corrected chi connectivity index (χ4v) is 1.44. The lowest BCUT2D eigenvalue weighted by Gasteiger charge is -2.12. The molecule has 1 atom stereocenters. The van der Waals surface area contributed by atoms with Crippen LogP contribution in [0.4, 0.5) is 10.1 Å². The number of hydrogen-bond donors (Lipinski definition) is 2. The minimum absolute atomic E-state index is 0.0821. The van der Waals surface area contributed by atoms with Gasteiger partial charge in [0.2, 0.25) is 0 Å². The number of carbonyl (C=O) groups is 1. The minimum Gasteiger partial charge on any atom is -0.399 e. The zero-order chi connectivity index (χ0) is 12.8. The Bertz CT molecular complexity index is 451. The van der Waals surface area contributed by atoms with E-state index in [2.05, 4.69) is 11.2 Å². The molecule has 1 rings (SSSR count). The number of halogens is 1. The molecule has 0 aliphatic rings. The summed E-state index contributed by atoms with van der Waals surface area (Å²) in [5, 5.41) is 2.58. The van der Waals surface area contributed by atoms with E-state index in [1.807, 2.05) is 6.92 Å². The van der Waals surface area contributed by atoms with Gasteiger partial charge in [0.05, 0.1) is 11.6 Å². The van der Waals surface area contributed by atoms with Gasteiger partial charge in [-0.3, -0.25) is 4.79 Å². The first kappa shape index (κ1) is 13.0. The Balaban J connectivity index is 2.83.